The van der Waals surface area contributed by atoms with Gasteiger partial charge in [-0.2, -0.15) is 0 Å². The van der Waals surface area contributed by atoms with Gasteiger partial charge in [-0.3, -0.25) is 9.59 Å². The zero-order valence-electron chi connectivity index (χ0n) is 14.1. The molecule has 0 saturated carbocycles. The number of benzene rings is 2. The summed E-state index contributed by atoms with van der Waals surface area (Å²) in [7, 11) is 1.58. The molecule has 24 heavy (non-hydrogen) atoms. The van der Waals surface area contributed by atoms with Gasteiger partial charge in [0.05, 0.1) is 7.11 Å². The Bertz CT molecular complexity index is 709. The lowest BCUT2D eigenvalue weighted by atomic mass is 10.0. The van der Waals surface area contributed by atoms with E-state index in [2.05, 4.69) is 24.5 Å². The van der Waals surface area contributed by atoms with Gasteiger partial charge in [0.2, 0.25) is 0 Å². The SMILES string of the molecule is COc1cccc(CNC(=O)C(=O)Nc2ccc(C(C)C)cc2)c1. The van der Waals surface area contributed by atoms with Crippen molar-refractivity contribution in [2.45, 2.75) is 26.3 Å². The molecule has 0 bridgehead atoms. The summed E-state index contributed by atoms with van der Waals surface area (Å²) in [6, 6.07) is 14.8. The lowest BCUT2D eigenvalue weighted by Crippen LogP contribution is -2.34. The van der Waals surface area contributed by atoms with E-state index in [0.717, 1.165) is 5.56 Å². The van der Waals surface area contributed by atoms with E-state index in [9.17, 15) is 9.59 Å². The van der Waals surface area contributed by atoms with Gasteiger partial charge in [0.25, 0.3) is 0 Å². The van der Waals surface area contributed by atoms with E-state index in [0.29, 0.717) is 17.4 Å². The third-order valence-electron chi connectivity index (χ3n) is 3.63. The van der Waals surface area contributed by atoms with Crippen LogP contribution in [0.15, 0.2) is 48.5 Å². The quantitative estimate of drug-likeness (QED) is 0.830. The lowest BCUT2D eigenvalue weighted by Gasteiger charge is -2.09. The van der Waals surface area contributed by atoms with Crippen LogP contribution in [0, 0.1) is 0 Å². The van der Waals surface area contributed by atoms with Gasteiger partial charge < -0.3 is 15.4 Å². The maximum absolute atomic E-state index is 11.9. The first-order chi connectivity index (χ1) is 11.5. The van der Waals surface area contributed by atoms with Crippen LogP contribution in [0.4, 0.5) is 5.69 Å². The van der Waals surface area contributed by atoms with Gasteiger partial charge in [-0.25, -0.2) is 0 Å². The van der Waals surface area contributed by atoms with Gasteiger partial charge in [0, 0.05) is 12.2 Å². The number of carbonyl (C=O) groups excluding carboxylic acids is 2. The maximum Gasteiger partial charge on any atom is 0.313 e. The molecular weight excluding hydrogens is 304 g/mol. The molecule has 0 unspecified atom stereocenters. The summed E-state index contributed by atoms with van der Waals surface area (Å²) in [5.41, 5.74) is 2.63. The fraction of sp³-hybridized carbons (Fsp3) is 0.263. The van der Waals surface area contributed by atoms with Crippen LogP contribution in [0.2, 0.25) is 0 Å². The summed E-state index contributed by atoms with van der Waals surface area (Å²) in [5, 5.41) is 5.18. The summed E-state index contributed by atoms with van der Waals surface area (Å²) in [6.07, 6.45) is 0. The predicted molar refractivity (Wildman–Crippen MR) is 94.0 cm³/mol. The molecule has 0 aliphatic rings. The van der Waals surface area contributed by atoms with Gasteiger partial charge in [0.1, 0.15) is 5.75 Å². The first kappa shape index (κ1) is 17.5. The molecule has 2 aromatic carbocycles. The van der Waals surface area contributed by atoms with Crippen LogP contribution in [-0.4, -0.2) is 18.9 Å². The minimum Gasteiger partial charge on any atom is -0.497 e. The zero-order valence-corrected chi connectivity index (χ0v) is 14.1. The van der Waals surface area contributed by atoms with Crippen molar-refractivity contribution >= 4 is 17.5 Å². The minimum atomic E-state index is -0.685. The first-order valence-electron chi connectivity index (χ1n) is 7.81. The van der Waals surface area contributed by atoms with Crippen LogP contribution in [0.25, 0.3) is 0 Å². The number of carbonyl (C=O) groups is 2. The Morgan fingerprint density at radius 1 is 1.04 bits per heavy atom. The van der Waals surface area contributed by atoms with Crippen LogP contribution < -0.4 is 15.4 Å². The van der Waals surface area contributed by atoms with E-state index < -0.39 is 11.8 Å². The second-order valence-electron chi connectivity index (χ2n) is 5.77. The number of nitrogens with one attached hydrogen (secondary N) is 2. The van der Waals surface area contributed by atoms with Gasteiger partial charge >= 0.3 is 11.8 Å². The fourth-order valence-electron chi connectivity index (χ4n) is 2.18. The average Bonchev–Trinajstić information content (AvgIpc) is 2.60. The van der Waals surface area contributed by atoms with E-state index in [1.54, 1.807) is 19.2 Å². The Morgan fingerprint density at radius 3 is 2.38 bits per heavy atom. The van der Waals surface area contributed by atoms with E-state index in [-0.39, 0.29) is 6.54 Å². The first-order valence-corrected chi connectivity index (χ1v) is 7.81. The minimum absolute atomic E-state index is 0.260. The van der Waals surface area contributed by atoms with Crippen molar-refractivity contribution in [3.63, 3.8) is 0 Å². The maximum atomic E-state index is 11.9. The summed E-state index contributed by atoms with van der Waals surface area (Å²) < 4.78 is 5.12. The summed E-state index contributed by atoms with van der Waals surface area (Å²) in [6.45, 7) is 4.45. The Hall–Kier alpha value is -2.82. The molecule has 0 spiro atoms. The van der Waals surface area contributed by atoms with Crippen LogP contribution in [0.1, 0.15) is 30.9 Å². The van der Waals surface area contributed by atoms with Crippen molar-refractivity contribution in [3.8, 4) is 5.75 Å². The second-order valence-corrected chi connectivity index (χ2v) is 5.77. The number of hydrogen-bond acceptors (Lipinski definition) is 3. The lowest BCUT2D eigenvalue weighted by molar-refractivity contribution is -0.136. The molecule has 0 aromatic heterocycles. The van der Waals surface area contributed by atoms with E-state index in [1.165, 1.54) is 5.56 Å². The average molecular weight is 326 g/mol. The van der Waals surface area contributed by atoms with Crippen molar-refractivity contribution in [2.24, 2.45) is 0 Å². The molecule has 0 aliphatic heterocycles. The molecule has 0 heterocycles. The van der Waals surface area contributed by atoms with Gasteiger partial charge in [-0.15, -0.1) is 0 Å². The Labute approximate surface area is 142 Å². The molecule has 0 fully saturated rings. The van der Waals surface area contributed by atoms with Gasteiger partial charge in [-0.1, -0.05) is 38.1 Å². The van der Waals surface area contributed by atoms with Crippen molar-refractivity contribution in [2.75, 3.05) is 12.4 Å². The summed E-state index contributed by atoms with van der Waals surface area (Å²) in [5.74, 6) is -0.238. The second kappa shape index (κ2) is 8.15. The van der Waals surface area contributed by atoms with E-state index in [1.807, 2.05) is 36.4 Å². The monoisotopic (exact) mass is 326 g/mol. The molecule has 2 N–H and O–H groups in total. The molecule has 2 aromatic rings. The molecule has 5 nitrogen and oxygen atoms in total. The molecule has 2 amide bonds. The fourth-order valence-corrected chi connectivity index (χ4v) is 2.18. The van der Waals surface area contributed by atoms with E-state index >= 15 is 0 Å². The number of hydrogen-bond donors (Lipinski definition) is 2. The zero-order chi connectivity index (χ0) is 17.5. The summed E-state index contributed by atoms with van der Waals surface area (Å²) >= 11 is 0. The molecular formula is C19H22N2O3. The number of methoxy groups -OCH3 is 1. The molecule has 0 atom stereocenters. The molecule has 0 aliphatic carbocycles. The standard InChI is InChI=1S/C19H22N2O3/c1-13(2)15-7-9-16(10-8-15)21-19(23)18(22)20-12-14-5-4-6-17(11-14)24-3/h4-11,13H,12H2,1-3H3,(H,20,22)(H,21,23). The smallest absolute Gasteiger partial charge is 0.313 e. The highest BCUT2D eigenvalue weighted by atomic mass is 16.5. The predicted octanol–water partition coefficient (Wildman–Crippen LogP) is 3.07. The van der Waals surface area contributed by atoms with Crippen molar-refractivity contribution in [3.05, 3.63) is 59.7 Å². The highest BCUT2D eigenvalue weighted by Crippen LogP contribution is 2.17. The molecule has 2 rings (SSSR count). The van der Waals surface area contributed by atoms with Crippen LogP contribution >= 0.6 is 0 Å². The van der Waals surface area contributed by atoms with Crippen molar-refractivity contribution in [1.82, 2.24) is 5.32 Å². The topological polar surface area (TPSA) is 67.4 Å². The van der Waals surface area contributed by atoms with Gasteiger partial charge in [0.15, 0.2) is 0 Å². The third kappa shape index (κ3) is 4.84. The van der Waals surface area contributed by atoms with Crippen LogP contribution in [0.3, 0.4) is 0 Å². The van der Waals surface area contributed by atoms with Crippen LogP contribution in [0.5, 0.6) is 5.75 Å². The Morgan fingerprint density at radius 2 is 1.75 bits per heavy atom. The summed E-state index contributed by atoms with van der Waals surface area (Å²) in [4.78, 5) is 23.8. The molecule has 0 saturated heterocycles. The van der Waals surface area contributed by atoms with Crippen LogP contribution in [-0.2, 0) is 16.1 Å². The van der Waals surface area contributed by atoms with Crippen molar-refractivity contribution in [1.29, 1.82) is 0 Å². The normalized spacial score (nSPS) is 10.3. The molecule has 126 valence electrons. The molecule has 0 radical (unpaired) electrons. The number of ether oxygens (including phenoxy) is 1. The van der Waals surface area contributed by atoms with Gasteiger partial charge in [-0.05, 0) is 41.3 Å². The van der Waals surface area contributed by atoms with Crippen molar-refractivity contribution < 1.29 is 14.3 Å². The number of rotatable bonds is 5. The highest BCUT2D eigenvalue weighted by Gasteiger charge is 2.13. The highest BCUT2D eigenvalue weighted by molar-refractivity contribution is 6.39. The Kier molecular flexibility index (Phi) is 5.95. The molecule has 5 heteroatoms. The number of anilines is 1. The van der Waals surface area contributed by atoms with E-state index in [4.69, 9.17) is 4.74 Å². The Balaban J connectivity index is 1.88. The largest absolute Gasteiger partial charge is 0.497 e. The third-order valence-corrected chi connectivity index (χ3v) is 3.63. The number of amides is 2.